The minimum absolute atomic E-state index is 0.101. The van der Waals surface area contributed by atoms with Crippen LogP contribution in [-0.2, 0) is 16.0 Å². The molecule has 1 atom stereocenters. The summed E-state index contributed by atoms with van der Waals surface area (Å²) in [4.78, 5) is 25.7. The Morgan fingerprint density at radius 1 is 0.935 bits per heavy atom. The van der Waals surface area contributed by atoms with E-state index < -0.39 is 0 Å². The molecule has 7 heteroatoms. The molecule has 2 amide bonds. The highest BCUT2D eigenvalue weighted by Gasteiger charge is 2.16. The van der Waals surface area contributed by atoms with Gasteiger partial charge < -0.3 is 10.6 Å². The molecular weight excluding hydrogens is 451 g/mol. The monoisotopic (exact) mass is 472 g/mol. The standard InChI is InChI=1S/C24H22Cl2N2O2S/c1-15-21(26)4-3-5-22(15)28-24(30)16(2)31-20-12-10-19(11-13-20)27-23(29)14-17-6-8-18(25)9-7-17/h3-13,16H,14H2,1-2H3,(H,27,29)(H,28,30). The van der Waals surface area contributed by atoms with E-state index in [9.17, 15) is 9.59 Å². The van der Waals surface area contributed by atoms with E-state index in [-0.39, 0.29) is 23.5 Å². The first-order chi connectivity index (χ1) is 14.8. The molecule has 3 aromatic rings. The van der Waals surface area contributed by atoms with Gasteiger partial charge in [0.15, 0.2) is 0 Å². The largest absolute Gasteiger partial charge is 0.326 e. The molecule has 0 aromatic heterocycles. The van der Waals surface area contributed by atoms with Crippen molar-refractivity contribution in [2.45, 2.75) is 30.4 Å². The zero-order valence-corrected chi connectivity index (χ0v) is 19.4. The van der Waals surface area contributed by atoms with Gasteiger partial charge in [0.2, 0.25) is 11.8 Å². The minimum atomic E-state index is -0.302. The fraction of sp³-hybridized carbons (Fsp3) is 0.167. The van der Waals surface area contributed by atoms with Gasteiger partial charge in [-0.05, 0) is 73.5 Å². The molecule has 0 heterocycles. The SMILES string of the molecule is Cc1c(Cl)cccc1NC(=O)C(C)Sc1ccc(NC(=O)Cc2ccc(Cl)cc2)cc1. The summed E-state index contributed by atoms with van der Waals surface area (Å²) in [5, 5.41) is 6.76. The lowest BCUT2D eigenvalue weighted by Gasteiger charge is -2.14. The lowest BCUT2D eigenvalue weighted by Crippen LogP contribution is -2.22. The Morgan fingerprint density at radius 3 is 2.29 bits per heavy atom. The molecule has 31 heavy (non-hydrogen) atoms. The third-order valence-electron chi connectivity index (χ3n) is 4.62. The van der Waals surface area contributed by atoms with Crippen molar-refractivity contribution in [2.75, 3.05) is 10.6 Å². The van der Waals surface area contributed by atoms with Gasteiger partial charge in [-0.15, -0.1) is 11.8 Å². The van der Waals surface area contributed by atoms with Gasteiger partial charge >= 0.3 is 0 Å². The fourth-order valence-electron chi connectivity index (χ4n) is 2.84. The van der Waals surface area contributed by atoms with E-state index in [1.54, 1.807) is 18.2 Å². The second kappa shape index (κ2) is 10.7. The topological polar surface area (TPSA) is 58.2 Å². The van der Waals surface area contributed by atoms with Crippen LogP contribution in [0, 0.1) is 6.92 Å². The molecule has 0 fully saturated rings. The Bertz CT molecular complexity index is 1070. The number of hydrogen-bond donors (Lipinski definition) is 2. The van der Waals surface area contributed by atoms with Crippen LogP contribution in [0.4, 0.5) is 11.4 Å². The van der Waals surface area contributed by atoms with Crippen LogP contribution in [0.2, 0.25) is 10.0 Å². The minimum Gasteiger partial charge on any atom is -0.326 e. The molecular formula is C24H22Cl2N2O2S. The summed E-state index contributed by atoms with van der Waals surface area (Å²) in [6.45, 7) is 3.72. The van der Waals surface area contributed by atoms with Crippen LogP contribution in [0.1, 0.15) is 18.1 Å². The number of hydrogen-bond acceptors (Lipinski definition) is 3. The first-order valence-electron chi connectivity index (χ1n) is 9.69. The second-order valence-electron chi connectivity index (χ2n) is 7.04. The maximum atomic E-state index is 12.5. The summed E-state index contributed by atoms with van der Waals surface area (Å²) in [5.41, 5.74) is 3.15. The number of thioether (sulfide) groups is 1. The van der Waals surface area contributed by atoms with E-state index in [2.05, 4.69) is 10.6 Å². The Labute approximate surface area is 196 Å². The summed E-state index contributed by atoms with van der Waals surface area (Å²) in [7, 11) is 0. The van der Waals surface area contributed by atoms with Gasteiger partial charge in [0.05, 0.1) is 11.7 Å². The zero-order chi connectivity index (χ0) is 22.4. The summed E-state index contributed by atoms with van der Waals surface area (Å²) in [6, 6.07) is 20.1. The van der Waals surface area contributed by atoms with Crippen LogP contribution in [-0.4, -0.2) is 17.1 Å². The van der Waals surface area contributed by atoms with Gasteiger partial charge in [-0.1, -0.05) is 41.4 Å². The average molecular weight is 473 g/mol. The van der Waals surface area contributed by atoms with Gasteiger partial charge in [0, 0.05) is 26.3 Å². The van der Waals surface area contributed by atoms with Crippen LogP contribution in [0.5, 0.6) is 0 Å². The van der Waals surface area contributed by atoms with Gasteiger partial charge in [-0.2, -0.15) is 0 Å². The number of halogens is 2. The fourth-order valence-corrected chi connectivity index (χ4v) is 4.01. The highest BCUT2D eigenvalue weighted by atomic mass is 35.5. The molecule has 4 nitrogen and oxygen atoms in total. The molecule has 0 saturated heterocycles. The van der Waals surface area contributed by atoms with Crippen molar-refractivity contribution in [3.8, 4) is 0 Å². The number of amides is 2. The van der Waals surface area contributed by atoms with Crippen LogP contribution >= 0.6 is 35.0 Å². The number of anilines is 2. The molecule has 160 valence electrons. The van der Waals surface area contributed by atoms with Crippen LogP contribution in [0.3, 0.4) is 0 Å². The number of rotatable bonds is 7. The van der Waals surface area contributed by atoms with Gasteiger partial charge in [-0.3, -0.25) is 9.59 Å². The van der Waals surface area contributed by atoms with Crippen molar-refractivity contribution in [2.24, 2.45) is 0 Å². The molecule has 0 saturated carbocycles. The molecule has 3 rings (SSSR count). The van der Waals surface area contributed by atoms with Gasteiger partial charge in [0.25, 0.3) is 0 Å². The average Bonchev–Trinajstić information content (AvgIpc) is 2.74. The number of nitrogens with one attached hydrogen (secondary N) is 2. The number of benzene rings is 3. The van der Waals surface area contributed by atoms with Crippen LogP contribution in [0.25, 0.3) is 0 Å². The molecule has 0 bridgehead atoms. The predicted octanol–water partition coefficient (Wildman–Crippen LogP) is 6.60. The van der Waals surface area contributed by atoms with Crippen molar-refractivity contribution >= 4 is 58.2 Å². The smallest absolute Gasteiger partial charge is 0.237 e. The summed E-state index contributed by atoms with van der Waals surface area (Å²) >= 11 is 13.4. The number of carbonyl (C=O) groups is 2. The Balaban J connectivity index is 1.53. The molecule has 0 spiro atoms. The van der Waals surface area contributed by atoms with Crippen molar-refractivity contribution < 1.29 is 9.59 Å². The third-order valence-corrected chi connectivity index (χ3v) is 6.40. The van der Waals surface area contributed by atoms with Crippen LogP contribution in [0.15, 0.2) is 71.6 Å². The molecule has 1 unspecified atom stereocenters. The molecule has 2 N–H and O–H groups in total. The first-order valence-corrected chi connectivity index (χ1v) is 11.3. The van der Waals surface area contributed by atoms with Crippen molar-refractivity contribution in [3.63, 3.8) is 0 Å². The lowest BCUT2D eigenvalue weighted by molar-refractivity contribution is -0.116. The van der Waals surface area contributed by atoms with E-state index in [1.807, 2.05) is 62.4 Å². The quantitative estimate of drug-likeness (QED) is 0.380. The van der Waals surface area contributed by atoms with Crippen molar-refractivity contribution in [3.05, 3.63) is 87.9 Å². The number of carbonyl (C=O) groups excluding carboxylic acids is 2. The summed E-state index contributed by atoms with van der Waals surface area (Å²) < 4.78 is 0. The normalized spacial score (nSPS) is 11.6. The Morgan fingerprint density at radius 2 is 1.61 bits per heavy atom. The maximum Gasteiger partial charge on any atom is 0.237 e. The van der Waals surface area contributed by atoms with Crippen molar-refractivity contribution in [1.29, 1.82) is 0 Å². The maximum absolute atomic E-state index is 12.5. The Kier molecular flexibility index (Phi) is 8.02. The van der Waals surface area contributed by atoms with Crippen molar-refractivity contribution in [1.82, 2.24) is 0 Å². The van der Waals surface area contributed by atoms with E-state index >= 15 is 0 Å². The molecule has 0 aliphatic carbocycles. The summed E-state index contributed by atoms with van der Waals surface area (Å²) in [6.07, 6.45) is 0.272. The van der Waals surface area contributed by atoms with E-state index in [0.29, 0.717) is 21.4 Å². The first kappa shape index (κ1) is 23.2. The second-order valence-corrected chi connectivity index (χ2v) is 9.30. The van der Waals surface area contributed by atoms with E-state index in [1.165, 1.54) is 11.8 Å². The molecule has 3 aromatic carbocycles. The highest BCUT2D eigenvalue weighted by molar-refractivity contribution is 8.00. The van der Waals surface area contributed by atoms with Gasteiger partial charge in [-0.25, -0.2) is 0 Å². The Hall–Kier alpha value is -2.47. The third kappa shape index (κ3) is 6.76. The predicted molar refractivity (Wildman–Crippen MR) is 130 cm³/mol. The zero-order valence-electron chi connectivity index (χ0n) is 17.1. The molecule has 0 aliphatic rings. The molecule has 0 radical (unpaired) electrons. The van der Waals surface area contributed by atoms with Crippen LogP contribution < -0.4 is 10.6 Å². The lowest BCUT2D eigenvalue weighted by atomic mass is 10.1. The summed E-state index contributed by atoms with van der Waals surface area (Å²) in [5.74, 6) is -0.205. The molecule has 0 aliphatic heterocycles. The van der Waals surface area contributed by atoms with E-state index in [4.69, 9.17) is 23.2 Å². The highest BCUT2D eigenvalue weighted by Crippen LogP contribution is 2.27. The van der Waals surface area contributed by atoms with E-state index in [0.717, 1.165) is 16.0 Å². The van der Waals surface area contributed by atoms with Gasteiger partial charge in [0.1, 0.15) is 0 Å².